The van der Waals surface area contributed by atoms with Crippen LogP contribution in [0, 0.1) is 5.41 Å². The lowest BCUT2D eigenvalue weighted by Crippen LogP contribution is -2.02. The summed E-state index contributed by atoms with van der Waals surface area (Å²) in [6, 6.07) is 0. The summed E-state index contributed by atoms with van der Waals surface area (Å²) >= 11 is 0. The molecule has 10 heavy (non-hydrogen) atoms. The van der Waals surface area contributed by atoms with E-state index in [1.165, 1.54) is 6.20 Å². The highest BCUT2D eigenvalue weighted by molar-refractivity contribution is 5.89. The first kappa shape index (κ1) is 6.47. The molecular weight excluding hydrogens is 130 g/mol. The Bertz CT molecular complexity index is 236. The van der Waals surface area contributed by atoms with E-state index in [-0.39, 0.29) is 5.82 Å². The molecule has 1 heterocycles. The summed E-state index contributed by atoms with van der Waals surface area (Å²) in [5, 5.41) is 13.9. The van der Waals surface area contributed by atoms with Crippen molar-refractivity contribution < 1.29 is 0 Å². The molecule has 52 valence electrons. The summed E-state index contributed by atoms with van der Waals surface area (Å²) < 4.78 is 0. The zero-order valence-corrected chi connectivity index (χ0v) is 5.20. The second-order valence-electron chi connectivity index (χ2n) is 1.74. The van der Waals surface area contributed by atoms with Gasteiger partial charge in [0.1, 0.15) is 0 Å². The summed E-state index contributed by atoms with van der Waals surface area (Å²) in [5.41, 5.74) is 11.5. The highest BCUT2D eigenvalue weighted by atomic mass is 15.1. The molecule has 0 spiro atoms. The molecule has 5 N–H and O–H groups in total. The number of rotatable bonds is 1. The summed E-state index contributed by atoms with van der Waals surface area (Å²) in [7, 11) is 0. The van der Waals surface area contributed by atoms with E-state index in [1.54, 1.807) is 0 Å². The third-order valence-corrected chi connectivity index (χ3v) is 1.09. The summed E-state index contributed by atoms with van der Waals surface area (Å²) in [4.78, 5) is 0. The lowest BCUT2D eigenvalue weighted by Gasteiger charge is -1.98. The SMILES string of the molecule is N=Cc1c(N)cnnc1N. The average molecular weight is 137 g/mol. The van der Waals surface area contributed by atoms with E-state index in [1.807, 2.05) is 0 Å². The zero-order chi connectivity index (χ0) is 7.56. The van der Waals surface area contributed by atoms with Crippen molar-refractivity contribution in [3.05, 3.63) is 11.8 Å². The molecule has 0 fully saturated rings. The Morgan fingerprint density at radius 1 is 1.50 bits per heavy atom. The molecule has 0 amide bonds. The predicted octanol–water partition coefficient (Wildman–Crippen LogP) is -0.361. The number of nitrogens with one attached hydrogen (secondary N) is 1. The van der Waals surface area contributed by atoms with Crippen LogP contribution < -0.4 is 11.5 Å². The van der Waals surface area contributed by atoms with Crippen molar-refractivity contribution in [1.82, 2.24) is 10.2 Å². The second kappa shape index (κ2) is 2.30. The molecule has 0 aliphatic carbocycles. The smallest absolute Gasteiger partial charge is 0.157 e. The monoisotopic (exact) mass is 137 g/mol. The van der Waals surface area contributed by atoms with Gasteiger partial charge in [0.15, 0.2) is 5.82 Å². The summed E-state index contributed by atoms with van der Waals surface area (Å²) in [5.74, 6) is 0.190. The molecule has 5 nitrogen and oxygen atoms in total. The molecule has 1 rings (SSSR count). The Kier molecular flexibility index (Phi) is 1.49. The van der Waals surface area contributed by atoms with E-state index in [0.717, 1.165) is 6.21 Å². The maximum Gasteiger partial charge on any atom is 0.157 e. The lowest BCUT2D eigenvalue weighted by atomic mass is 10.2. The molecule has 0 aliphatic heterocycles. The zero-order valence-electron chi connectivity index (χ0n) is 5.20. The topological polar surface area (TPSA) is 102 Å². The Morgan fingerprint density at radius 2 is 2.20 bits per heavy atom. The van der Waals surface area contributed by atoms with Crippen LogP contribution >= 0.6 is 0 Å². The minimum absolute atomic E-state index is 0.190. The Labute approximate surface area is 57.6 Å². The van der Waals surface area contributed by atoms with E-state index in [9.17, 15) is 0 Å². The number of hydrogen-bond donors (Lipinski definition) is 3. The van der Waals surface area contributed by atoms with E-state index in [2.05, 4.69) is 10.2 Å². The number of hydrogen-bond acceptors (Lipinski definition) is 5. The number of nitrogen functional groups attached to an aromatic ring is 2. The van der Waals surface area contributed by atoms with Crippen LogP contribution in [0.15, 0.2) is 6.20 Å². The number of aromatic nitrogens is 2. The first-order chi connectivity index (χ1) is 4.75. The van der Waals surface area contributed by atoms with Gasteiger partial charge in [-0.25, -0.2) is 0 Å². The standard InChI is InChI=1S/C5H7N5/c6-1-3-4(7)2-9-10-5(3)8/h1-2,6H,(H4,7,8,10). The maximum atomic E-state index is 6.87. The van der Waals surface area contributed by atoms with Crippen molar-refractivity contribution in [2.75, 3.05) is 11.5 Å². The van der Waals surface area contributed by atoms with Crippen LogP contribution in [0.25, 0.3) is 0 Å². The second-order valence-corrected chi connectivity index (χ2v) is 1.74. The molecule has 0 radical (unpaired) electrons. The fourth-order valence-corrected chi connectivity index (χ4v) is 0.582. The van der Waals surface area contributed by atoms with E-state index < -0.39 is 0 Å². The fourth-order valence-electron chi connectivity index (χ4n) is 0.582. The normalized spacial score (nSPS) is 9.20. The van der Waals surface area contributed by atoms with Crippen LogP contribution in [0.2, 0.25) is 0 Å². The van der Waals surface area contributed by atoms with Gasteiger partial charge < -0.3 is 16.9 Å². The summed E-state index contributed by atoms with van der Waals surface area (Å²) in [6.45, 7) is 0. The van der Waals surface area contributed by atoms with Crippen LogP contribution in [0.5, 0.6) is 0 Å². The third kappa shape index (κ3) is 0.883. The van der Waals surface area contributed by atoms with Crippen molar-refractivity contribution in [3.8, 4) is 0 Å². The Balaban J connectivity index is 3.30. The van der Waals surface area contributed by atoms with Crippen LogP contribution in [0.3, 0.4) is 0 Å². The molecule has 0 saturated heterocycles. The van der Waals surface area contributed by atoms with Crippen LogP contribution in [0.4, 0.5) is 11.5 Å². The predicted molar refractivity (Wildman–Crippen MR) is 38.7 cm³/mol. The van der Waals surface area contributed by atoms with Crippen molar-refractivity contribution in [3.63, 3.8) is 0 Å². The van der Waals surface area contributed by atoms with Gasteiger partial charge in [0.2, 0.25) is 0 Å². The molecular formula is C5H7N5. The molecule has 0 aromatic carbocycles. The fraction of sp³-hybridized carbons (Fsp3) is 0. The van der Waals surface area contributed by atoms with Gasteiger partial charge in [-0.2, -0.15) is 5.10 Å². The molecule has 0 aliphatic rings. The molecule has 0 atom stereocenters. The van der Waals surface area contributed by atoms with E-state index in [0.29, 0.717) is 11.3 Å². The first-order valence-corrected chi connectivity index (χ1v) is 2.63. The molecule has 1 aromatic heterocycles. The molecule has 0 bridgehead atoms. The van der Waals surface area contributed by atoms with Gasteiger partial charge in [-0.05, 0) is 0 Å². The minimum Gasteiger partial charge on any atom is -0.397 e. The highest BCUT2D eigenvalue weighted by Gasteiger charge is 2.00. The third-order valence-electron chi connectivity index (χ3n) is 1.09. The Hall–Kier alpha value is -1.65. The molecule has 0 saturated carbocycles. The number of nitrogens with two attached hydrogens (primary N) is 2. The van der Waals surface area contributed by atoms with Gasteiger partial charge in [0, 0.05) is 6.21 Å². The first-order valence-electron chi connectivity index (χ1n) is 2.63. The van der Waals surface area contributed by atoms with E-state index >= 15 is 0 Å². The van der Waals surface area contributed by atoms with Gasteiger partial charge >= 0.3 is 0 Å². The number of anilines is 2. The molecule has 1 aromatic rings. The maximum absolute atomic E-state index is 6.87. The largest absolute Gasteiger partial charge is 0.397 e. The van der Waals surface area contributed by atoms with Crippen molar-refractivity contribution in [2.45, 2.75) is 0 Å². The van der Waals surface area contributed by atoms with E-state index in [4.69, 9.17) is 16.9 Å². The summed E-state index contributed by atoms with van der Waals surface area (Å²) in [6.07, 6.45) is 2.41. The minimum atomic E-state index is 0.190. The van der Waals surface area contributed by atoms with Crippen molar-refractivity contribution >= 4 is 17.7 Å². The Morgan fingerprint density at radius 3 is 2.60 bits per heavy atom. The van der Waals surface area contributed by atoms with Crippen LogP contribution in [0.1, 0.15) is 5.56 Å². The van der Waals surface area contributed by atoms with Crippen LogP contribution in [-0.2, 0) is 0 Å². The van der Waals surface area contributed by atoms with Gasteiger partial charge in [0.05, 0.1) is 17.4 Å². The van der Waals surface area contributed by atoms with Gasteiger partial charge in [0.25, 0.3) is 0 Å². The molecule has 5 heteroatoms. The van der Waals surface area contributed by atoms with Gasteiger partial charge in [-0.15, -0.1) is 5.10 Å². The van der Waals surface area contributed by atoms with Crippen LogP contribution in [-0.4, -0.2) is 16.4 Å². The number of nitrogens with zero attached hydrogens (tertiary/aromatic N) is 2. The van der Waals surface area contributed by atoms with Gasteiger partial charge in [-0.1, -0.05) is 0 Å². The highest BCUT2D eigenvalue weighted by Crippen LogP contribution is 2.10. The van der Waals surface area contributed by atoms with Gasteiger partial charge in [-0.3, -0.25) is 0 Å². The quantitative estimate of drug-likeness (QED) is 0.460. The van der Waals surface area contributed by atoms with Crippen molar-refractivity contribution in [1.29, 1.82) is 5.41 Å². The van der Waals surface area contributed by atoms with Crippen molar-refractivity contribution in [2.24, 2.45) is 0 Å². The average Bonchev–Trinajstić information content (AvgIpc) is 1.88. The molecule has 0 unspecified atom stereocenters. The lowest BCUT2D eigenvalue weighted by molar-refractivity contribution is 1.04.